The maximum Gasteiger partial charge on any atom is 0.128 e. The lowest BCUT2D eigenvalue weighted by atomic mass is 10.1. The van der Waals surface area contributed by atoms with Gasteiger partial charge in [-0.15, -0.1) is 0 Å². The van der Waals surface area contributed by atoms with E-state index in [0.717, 1.165) is 35.4 Å². The topological polar surface area (TPSA) is 36.4 Å². The van der Waals surface area contributed by atoms with Crippen molar-refractivity contribution >= 4 is 21.7 Å². The molecule has 82 valence electrons. The number of nitrogens with zero attached hydrogens (tertiary/aromatic N) is 2. The zero-order chi connectivity index (χ0) is 10.8. The third-order valence-corrected chi connectivity index (χ3v) is 3.57. The summed E-state index contributed by atoms with van der Waals surface area (Å²) in [5, 5.41) is 9.59. The number of piperidine rings is 1. The number of aliphatic hydroxyl groups is 1. The molecule has 2 rings (SSSR count). The SMILES string of the molecule is Cc1nc(N2CCC[C@H](O)C2)ccc1Br. The van der Waals surface area contributed by atoms with E-state index >= 15 is 0 Å². The molecule has 1 aliphatic heterocycles. The quantitative estimate of drug-likeness (QED) is 0.850. The molecule has 1 saturated heterocycles. The van der Waals surface area contributed by atoms with Gasteiger partial charge in [-0.1, -0.05) is 0 Å². The average Bonchev–Trinajstić information content (AvgIpc) is 2.22. The summed E-state index contributed by atoms with van der Waals surface area (Å²) < 4.78 is 1.03. The highest BCUT2D eigenvalue weighted by Crippen LogP contribution is 2.21. The fourth-order valence-corrected chi connectivity index (χ4v) is 2.09. The summed E-state index contributed by atoms with van der Waals surface area (Å²) in [7, 11) is 0. The van der Waals surface area contributed by atoms with Crippen LogP contribution in [0.1, 0.15) is 18.5 Å². The molecule has 0 aliphatic carbocycles. The van der Waals surface area contributed by atoms with Crippen molar-refractivity contribution in [2.24, 2.45) is 0 Å². The number of halogens is 1. The molecule has 0 saturated carbocycles. The Hall–Kier alpha value is -0.610. The second-order valence-corrected chi connectivity index (χ2v) is 4.83. The monoisotopic (exact) mass is 270 g/mol. The first kappa shape index (κ1) is 10.9. The van der Waals surface area contributed by atoms with Gasteiger partial charge >= 0.3 is 0 Å². The maximum absolute atomic E-state index is 9.59. The number of hydrogen-bond donors (Lipinski definition) is 1. The summed E-state index contributed by atoms with van der Waals surface area (Å²) in [4.78, 5) is 6.65. The molecule has 1 N–H and O–H groups in total. The first-order valence-electron chi connectivity index (χ1n) is 5.23. The van der Waals surface area contributed by atoms with Crippen LogP contribution in [-0.2, 0) is 0 Å². The highest BCUT2D eigenvalue weighted by atomic mass is 79.9. The molecule has 0 amide bonds. The molecule has 1 aromatic heterocycles. The summed E-state index contributed by atoms with van der Waals surface area (Å²) in [6, 6.07) is 4.01. The smallest absolute Gasteiger partial charge is 0.128 e. The van der Waals surface area contributed by atoms with Crippen LogP contribution in [0.15, 0.2) is 16.6 Å². The van der Waals surface area contributed by atoms with Gasteiger partial charge in [0, 0.05) is 17.6 Å². The van der Waals surface area contributed by atoms with E-state index in [2.05, 4.69) is 25.8 Å². The lowest BCUT2D eigenvalue weighted by Crippen LogP contribution is -2.38. The second kappa shape index (κ2) is 4.49. The molecule has 15 heavy (non-hydrogen) atoms. The molecule has 1 atom stereocenters. The van der Waals surface area contributed by atoms with Gasteiger partial charge in [-0.05, 0) is 47.8 Å². The average molecular weight is 271 g/mol. The van der Waals surface area contributed by atoms with Crippen LogP contribution in [0.2, 0.25) is 0 Å². The molecule has 1 fully saturated rings. The molecule has 0 spiro atoms. The molecule has 1 aromatic rings. The van der Waals surface area contributed by atoms with Crippen LogP contribution in [0.3, 0.4) is 0 Å². The van der Waals surface area contributed by atoms with Gasteiger partial charge in [0.15, 0.2) is 0 Å². The molecule has 0 aromatic carbocycles. The maximum atomic E-state index is 9.59. The van der Waals surface area contributed by atoms with Gasteiger partial charge in [0.2, 0.25) is 0 Å². The van der Waals surface area contributed by atoms with Gasteiger partial charge in [0.1, 0.15) is 5.82 Å². The van der Waals surface area contributed by atoms with Crippen molar-refractivity contribution in [2.45, 2.75) is 25.9 Å². The van der Waals surface area contributed by atoms with Crippen LogP contribution in [0.4, 0.5) is 5.82 Å². The largest absolute Gasteiger partial charge is 0.391 e. The summed E-state index contributed by atoms with van der Waals surface area (Å²) in [6.45, 7) is 3.67. The van der Waals surface area contributed by atoms with E-state index in [1.165, 1.54) is 0 Å². The molecular formula is C11H15BrN2O. The summed E-state index contributed by atoms with van der Waals surface area (Å²) in [5.74, 6) is 0.967. The zero-order valence-corrected chi connectivity index (χ0v) is 10.4. The van der Waals surface area contributed by atoms with Crippen molar-refractivity contribution in [3.05, 3.63) is 22.3 Å². The lowest BCUT2D eigenvalue weighted by molar-refractivity contribution is 0.154. The number of aliphatic hydroxyl groups excluding tert-OH is 1. The zero-order valence-electron chi connectivity index (χ0n) is 8.78. The minimum absolute atomic E-state index is 0.204. The van der Waals surface area contributed by atoms with Crippen molar-refractivity contribution in [2.75, 3.05) is 18.0 Å². The van der Waals surface area contributed by atoms with Crippen LogP contribution in [0, 0.1) is 6.92 Å². The van der Waals surface area contributed by atoms with Crippen molar-refractivity contribution in [1.29, 1.82) is 0 Å². The Labute approximate surface area is 98.3 Å². The Morgan fingerprint density at radius 2 is 2.33 bits per heavy atom. The van der Waals surface area contributed by atoms with Crippen LogP contribution in [0.25, 0.3) is 0 Å². The van der Waals surface area contributed by atoms with Gasteiger partial charge in [-0.2, -0.15) is 0 Å². The predicted molar refractivity (Wildman–Crippen MR) is 64.1 cm³/mol. The molecule has 3 nitrogen and oxygen atoms in total. The third kappa shape index (κ3) is 2.49. The van der Waals surface area contributed by atoms with Gasteiger partial charge in [0.05, 0.1) is 11.8 Å². The highest BCUT2D eigenvalue weighted by molar-refractivity contribution is 9.10. The Kier molecular flexibility index (Phi) is 3.26. The molecule has 0 bridgehead atoms. The normalized spacial score (nSPS) is 21.8. The minimum atomic E-state index is -0.204. The minimum Gasteiger partial charge on any atom is -0.391 e. The first-order chi connectivity index (χ1) is 7.16. The van der Waals surface area contributed by atoms with E-state index in [0.29, 0.717) is 6.54 Å². The molecule has 1 aliphatic rings. The van der Waals surface area contributed by atoms with Gasteiger partial charge < -0.3 is 10.0 Å². The number of β-amino-alcohol motifs (C(OH)–C–C–N with tert-alkyl or cyclic N) is 1. The van der Waals surface area contributed by atoms with Gasteiger partial charge in [-0.3, -0.25) is 0 Å². The van der Waals surface area contributed by atoms with Crippen molar-refractivity contribution < 1.29 is 5.11 Å². The fraction of sp³-hybridized carbons (Fsp3) is 0.545. The fourth-order valence-electron chi connectivity index (χ4n) is 1.87. The third-order valence-electron chi connectivity index (χ3n) is 2.73. The first-order valence-corrected chi connectivity index (χ1v) is 6.02. The molecule has 0 unspecified atom stereocenters. The van der Waals surface area contributed by atoms with E-state index in [-0.39, 0.29) is 6.10 Å². The Morgan fingerprint density at radius 1 is 1.53 bits per heavy atom. The van der Waals surface area contributed by atoms with Crippen LogP contribution in [0.5, 0.6) is 0 Å². The molecule has 2 heterocycles. The summed E-state index contributed by atoms with van der Waals surface area (Å²) in [6.07, 6.45) is 1.74. The Morgan fingerprint density at radius 3 is 3.00 bits per heavy atom. The predicted octanol–water partition coefficient (Wildman–Crippen LogP) is 2.11. The number of pyridine rings is 1. The summed E-state index contributed by atoms with van der Waals surface area (Å²) in [5.41, 5.74) is 0.993. The number of hydrogen-bond acceptors (Lipinski definition) is 3. The Balaban J connectivity index is 2.18. The molecule has 0 radical (unpaired) electrons. The van der Waals surface area contributed by atoms with Crippen molar-refractivity contribution in [3.8, 4) is 0 Å². The van der Waals surface area contributed by atoms with Crippen molar-refractivity contribution in [3.63, 3.8) is 0 Å². The van der Waals surface area contributed by atoms with Crippen molar-refractivity contribution in [1.82, 2.24) is 4.98 Å². The van der Waals surface area contributed by atoms with Gasteiger partial charge in [0.25, 0.3) is 0 Å². The van der Waals surface area contributed by atoms with E-state index in [4.69, 9.17) is 0 Å². The van der Waals surface area contributed by atoms with E-state index < -0.39 is 0 Å². The van der Waals surface area contributed by atoms with E-state index in [1.807, 2.05) is 19.1 Å². The highest BCUT2D eigenvalue weighted by Gasteiger charge is 2.18. The molecule has 4 heteroatoms. The Bertz CT molecular complexity index is 356. The number of aryl methyl sites for hydroxylation is 1. The molecular weight excluding hydrogens is 256 g/mol. The van der Waals surface area contributed by atoms with Crippen LogP contribution >= 0.6 is 15.9 Å². The van der Waals surface area contributed by atoms with Crippen LogP contribution in [-0.4, -0.2) is 29.3 Å². The number of rotatable bonds is 1. The van der Waals surface area contributed by atoms with Gasteiger partial charge in [-0.25, -0.2) is 4.98 Å². The number of anilines is 1. The van der Waals surface area contributed by atoms with Crippen LogP contribution < -0.4 is 4.90 Å². The van der Waals surface area contributed by atoms with E-state index in [9.17, 15) is 5.11 Å². The second-order valence-electron chi connectivity index (χ2n) is 3.98. The lowest BCUT2D eigenvalue weighted by Gasteiger charge is -2.31. The number of aromatic nitrogens is 1. The van der Waals surface area contributed by atoms with E-state index in [1.54, 1.807) is 0 Å². The summed E-state index contributed by atoms with van der Waals surface area (Å²) >= 11 is 3.43. The standard InChI is InChI=1S/C11H15BrN2O/c1-8-10(12)4-5-11(13-8)14-6-2-3-9(15)7-14/h4-5,9,15H,2-3,6-7H2,1H3/t9-/m0/s1.